The van der Waals surface area contributed by atoms with Crippen LogP contribution in [-0.4, -0.2) is 14.8 Å². The van der Waals surface area contributed by atoms with Crippen molar-refractivity contribution in [2.24, 2.45) is 4.99 Å². The van der Waals surface area contributed by atoms with E-state index in [1.807, 2.05) is 45.0 Å². The second kappa shape index (κ2) is 13.3. The van der Waals surface area contributed by atoms with Crippen molar-refractivity contribution in [3.63, 3.8) is 0 Å². The SMILES string of the molecule is Cc1ccc(S/C(OP(=O)([O-])[O-])=C2\N=C(c3nc4ccc([O-])cc4s3)SC2(C)C)cc1.[Na+].[Na+].[Na+]. The third-order valence-electron chi connectivity index (χ3n) is 4.30. The molecule has 1 aliphatic rings. The van der Waals surface area contributed by atoms with Crippen molar-refractivity contribution < 1.29 is 113 Å². The molecule has 34 heavy (non-hydrogen) atoms. The van der Waals surface area contributed by atoms with Gasteiger partial charge in [0, 0.05) is 4.90 Å². The third kappa shape index (κ3) is 8.35. The molecule has 0 saturated heterocycles. The Kier molecular flexibility index (Phi) is 13.0. The summed E-state index contributed by atoms with van der Waals surface area (Å²) in [6.45, 7) is 5.67. The number of nitrogens with zero attached hydrogens (tertiary/aromatic N) is 2. The van der Waals surface area contributed by atoms with Gasteiger partial charge in [-0.15, -0.1) is 17.1 Å². The predicted octanol–water partition coefficient (Wildman–Crippen LogP) is -5.23. The molecule has 2 heterocycles. The summed E-state index contributed by atoms with van der Waals surface area (Å²) in [6.07, 6.45) is 0. The molecule has 4 rings (SSSR count). The van der Waals surface area contributed by atoms with Crippen LogP contribution in [0.5, 0.6) is 5.75 Å². The molecule has 0 atom stereocenters. The Labute approximate surface area is 276 Å². The average molecular weight is 561 g/mol. The van der Waals surface area contributed by atoms with E-state index in [9.17, 15) is 19.5 Å². The maximum Gasteiger partial charge on any atom is 1.00 e. The first kappa shape index (κ1) is 33.2. The summed E-state index contributed by atoms with van der Waals surface area (Å²) in [5, 5.41) is 12.7. The quantitative estimate of drug-likeness (QED) is 0.132. The fourth-order valence-corrected chi connectivity index (χ4v) is 6.63. The number of thioether (sulfide) groups is 2. The molecule has 1 aliphatic heterocycles. The van der Waals surface area contributed by atoms with Gasteiger partial charge in [0.2, 0.25) is 0 Å². The monoisotopic (exact) mass is 560 g/mol. The number of thiazole rings is 1. The maximum atomic E-state index is 11.6. The van der Waals surface area contributed by atoms with Gasteiger partial charge in [0.05, 0.1) is 15.0 Å². The Morgan fingerprint density at radius 1 is 1.09 bits per heavy atom. The van der Waals surface area contributed by atoms with Crippen LogP contribution in [0.2, 0.25) is 0 Å². The summed E-state index contributed by atoms with van der Waals surface area (Å²) in [5.41, 5.74) is 2.08. The number of aliphatic imine (C=N–C) groups is 1. The molecule has 0 amide bonds. The van der Waals surface area contributed by atoms with E-state index in [1.165, 1.54) is 35.2 Å². The maximum absolute atomic E-state index is 11.6. The zero-order valence-corrected chi connectivity index (χ0v) is 29.0. The zero-order chi connectivity index (χ0) is 22.4. The fraction of sp³-hybridized carbons (Fsp3) is 0.200. The Bertz CT molecular complexity index is 1280. The molecule has 0 saturated carbocycles. The van der Waals surface area contributed by atoms with Crippen molar-refractivity contribution >= 4 is 57.9 Å². The van der Waals surface area contributed by atoms with Crippen LogP contribution in [0.15, 0.2) is 63.1 Å². The van der Waals surface area contributed by atoms with Crippen LogP contribution in [0, 0.1) is 6.92 Å². The Balaban J connectivity index is 0.00000193. The minimum atomic E-state index is -5.30. The standard InChI is InChI=1S/C20H19N2O5PS3.3Na/c1-11-4-7-13(8-5-11)29-19(27-28(24,25)26)16-20(2,3)31-18(22-16)17-21-14-9-6-12(23)10-15(14)30-17;;;/h4-10,23H,1-3H3,(H2,24,25,26);;;/q;3*+1/p-3/b19-16-;;;. The van der Waals surface area contributed by atoms with Crippen molar-refractivity contribution in [3.8, 4) is 5.75 Å². The molecule has 0 bridgehead atoms. The molecule has 2 aromatic carbocycles. The minimum Gasteiger partial charge on any atom is -0.872 e. The number of hydrogen-bond acceptors (Lipinski definition) is 10. The predicted molar refractivity (Wildman–Crippen MR) is 120 cm³/mol. The third-order valence-corrected chi connectivity index (χ3v) is 8.13. The van der Waals surface area contributed by atoms with Crippen LogP contribution < -0.4 is 104 Å². The van der Waals surface area contributed by atoms with Crippen molar-refractivity contribution in [3.05, 3.63) is 63.8 Å². The van der Waals surface area contributed by atoms with Gasteiger partial charge in [0.1, 0.15) is 23.6 Å². The molecule has 0 spiro atoms. The molecule has 7 nitrogen and oxygen atoms in total. The normalized spacial score (nSPS) is 16.1. The molecule has 162 valence electrons. The Hall–Kier alpha value is 1.19. The van der Waals surface area contributed by atoms with E-state index in [4.69, 9.17) is 4.52 Å². The molecule has 1 aromatic heterocycles. The summed E-state index contributed by atoms with van der Waals surface area (Å²) in [6, 6.07) is 12.0. The Morgan fingerprint density at radius 2 is 1.74 bits per heavy atom. The second-order valence-corrected chi connectivity index (χ2v) is 12.0. The van der Waals surface area contributed by atoms with Crippen molar-refractivity contribution in [1.29, 1.82) is 0 Å². The van der Waals surface area contributed by atoms with E-state index in [0.717, 1.165) is 22.0 Å². The van der Waals surface area contributed by atoms with Gasteiger partial charge >= 0.3 is 88.7 Å². The van der Waals surface area contributed by atoms with E-state index >= 15 is 0 Å². The van der Waals surface area contributed by atoms with Gasteiger partial charge in [0.15, 0.2) is 5.09 Å². The second-order valence-electron chi connectivity index (χ2n) is 7.27. The summed E-state index contributed by atoms with van der Waals surface area (Å²) in [4.78, 5) is 32.8. The number of benzene rings is 2. The summed E-state index contributed by atoms with van der Waals surface area (Å²) < 4.78 is 16.4. The van der Waals surface area contributed by atoms with E-state index in [2.05, 4.69) is 9.98 Å². The van der Waals surface area contributed by atoms with Crippen molar-refractivity contribution in [2.75, 3.05) is 0 Å². The molecule has 14 heteroatoms. The number of aryl methyl sites for hydroxylation is 1. The molecule has 0 fully saturated rings. The number of fused-ring (bicyclic) bond motifs is 1. The molecule has 0 aliphatic carbocycles. The zero-order valence-electron chi connectivity index (χ0n) is 19.6. The smallest absolute Gasteiger partial charge is 0.872 e. The number of rotatable bonds is 5. The van der Waals surface area contributed by atoms with Crippen LogP contribution in [0.3, 0.4) is 0 Å². The molecular weight excluding hydrogens is 544 g/mol. The molecule has 3 aromatic rings. The minimum absolute atomic E-state index is 0. The summed E-state index contributed by atoms with van der Waals surface area (Å²) >= 11 is 3.76. The topological polar surface area (TPSA) is 121 Å². The first-order chi connectivity index (χ1) is 14.5. The number of phosphoric acid groups is 1. The summed E-state index contributed by atoms with van der Waals surface area (Å²) in [7, 11) is -5.30. The summed E-state index contributed by atoms with van der Waals surface area (Å²) in [5.74, 6) is -0.101. The van der Waals surface area contributed by atoms with E-state index in [-0.39, 0.29) is 99.5 Å². The van der Waals surface area contributed by atoms with Gasteiger partial charge in [-0.2, -0.15) is 0 Å². The van der Waals surface area contributed by atoms with Gasteiger partial charge in [-0.3, -0.25) is 0 Å². The van der Waals surface area contributed by atoms with Crippen LogP contribution in [-0.2, 0) is 9.09 Å². The number of aromatic nitrogens is 1. The Morgan fingerprint density at radius 3 is 2.35 bits per heavy atom. The van der Waals surface area contributed by atoms with E-state index in [1.54, 1.807) is 6.07 Å². The first-order valence-electron chi connectivity index (χ1n) is 9.07. The van der Waals surface area contributed by atoms with E-state index in [0.29, 0.717) is 26.2 Å². The van der Waals surface area contributed by atoms with Crippen LogP contribution in [0.4, 0.5) is 0 Å². The van der Waals surface area contributed by atoms with Crippen LogP contribution in [0.25, 0.3) is 10.2 Å². The fourth-order valence-electron chi connectivity index (χ4n) is 2.85. The van der Waals surface area contributed by atoms with Crippen molar-refractivity contribution in [2.45, 2.75) is 30.4 Å². The molecule has 0 N–H and O–H groups in total. The van der Waals surface area contributed by atoms with E-state index < -0.39 is 12.6 Å². The number of hydrogen-bond donors (Lipinski definition) is 0. The largest absolute Gasteiger partial charge is 1.00 e. The van der Waals surface area contributed by atoms with Gasteiger partial charge < -0.3 is 24.0 Å². The van der Waals surface area contributed by atoms with Gasteiger partial charge in [-0.25, -0.2) is 9.98 Å². The van der Waals surface area contributed by atoms with Gasteiger partial charge in [-0.1, -0.05) is 53.4 Å². The number of phosphoric ester groups is 1. The molecule has 0 radical (unpaired) electrons. The molecule has 0 unspecified atom stereocenters. The average Bonchev–Trinajstić information content (AvgIpc) is 3.21. The van der Waals surface area contributed by atoms with Crippen LogP contribution >= 0.6 is 42.7 Å². The van der Waals surface area contributed by atoms with Gasteiger partial charge in [-0.05, 0) is 39.0 Å². The van der Waals surface area contributed by atoms with Crippen LogP contribution in [0.1, 0.15) is 24.4 Å². The first-order valence-corrected chi connectivity index (χ1v) is 13.0. The van der Waals surface area contributed by atoms with Crippen molar-refractivity contribution in [1.82, 2.24) is 4.98 Å². The molecular formula is C20H16N2Na3O5PS3. The van der Waals surface area contributed by atoms with Gasteiger partial charge in [0.25, 0.3) is 0 Å².